The highest BCUT2D eigenvalue weighted by Crippen LogP contribution is 2.31. The van der Waals surface area contributed by atoms with Crippen LogP contribution in [0, 0.1) is 0 Å². The first-order valence-corrected chi connectivity index (χ1v) is 6.75. The summed E-state index contributed by atoms with van der Waals surface area (Å²) in [5.41, 5.74) is 2.88. The largest absolute Gasteiger partial charge is 0.424 e. The van der Waals surface area contributed by atoms with Crippen molar-refractivity contribution in [1.29, 1.82) is 0 Å². The molecule has 5 nitrogen and oxygen atoms in total. The number of amides is 1. The molecule has 1 aliphatic carbocycles. The van der Waals surface area contributed by atoms with Crippen LogP contribution in [0.25, 0.3) is 0 Å². The summed E-state index contributed by atoms with van der Waals surface area (Å²) in [5.74, 6) is -0.00308. The number of hydrogen-bond acceptors (Lipinski definition) is 4. The Hall–Kier alpha value is -2.17. The van der Waals surface area contributed by atoms with Gasteiger partial charge in [0.05, 0.1) is 5.57 Å². The SMILES string of the molecule is CC(=O)OC1=C(C)CC=C2C(=O)N3CCCC3=CN=C21. The summed E-state index contributed by atoms with van der Waals surface area (Å²) in [4.78, 5) is 30.0. The van der Waals surface area contributed by atoms with E-state index in [-0.39, 0.29) is 5.91 Å². The number of esters is 1. The lowest BCUT2D eigenvalue weighted by atomic mass is 9.95. The molecule has 1 amide bonds. The number of allylic oxidation sites excluding steroid dienone is 4. The van der Waals surface area contributed by atoms with Crippen LogP contribution < -0.4 is 0 Å². The zero-order valence-corrected chi connectivity index (χ0v) is 11.6. The van der Waals surface area contributed by atoms with Gasteiger partial charge in [-0.15, -0.1) is 0 Å². The fourth-order valence-electron chi connectivity index (χ4n) is 2.71. The molecule has 0 spiro atoms. The third kappa shape index (κ3) is 1.99. The van der Waals surface area contributed by atoms with E-state index in [4.69, 9.17) is 4.74 Å². The van der Waals surface area contributed by atoms with Crippen LogP contribution in [0.3, 0.4) is 0 Å². The maximum absolute atomic E-state index is 12.6. The lowest BCUT2D eigenvalue weighted by Gasteiger charge is -2.21. The van der Waals surface area contributed by atoms with Crippen molar-refractivity contribution in [3.05, 3.63) is 34.9 Å². The Kier molecular flexibility index (Phi) is 3.04. The van der Waals surface area contributed by atoms with Crippen LogP contribution in [-0.2, 0) is 14.3 Å². The van der Waals surface area contributed by atoms with Gasteiger partial charge in [-0.1, -0.05) is 6.08 Å². The Morgan fingerprint density at radius 1 is 1.45 bits per heavy atom. The monoisotopic (exact) mass is 272 g/mol. The van der Waals surface area contributed by atoms with Crippen molar-refractivity contribution >= 4 is 17.6 Å². The predicted octanol–water partition coefficient (Wildman–Crippen LogP) is 2.07. The summed E-state index contributed by atoms with van der Waals surface area (Å²) in [6, 6.07) is 0. The van der Waals surface area contributed by atoms with Gasteiger partial charge < -0.3 is 9.64 Å². The van der Waals surface area contributed by atoms with Crippen LogP contribution in [0.1, 0.15) is 33.1 Å². The van der Waals surface area contributed by atoms with Crippen LogP contribution in [0.5, 0.6) is 0 Å². The Labute approximate surface area is 117 Å². The number of aliphatic imine (C=N–C) groups is 1. The summed E-state index contributed by atoms with van der Waals surface area (Å²) < 4.78 is 5.27. The third-order valence-corrected chi connectivity index (χ3v) is 3.70. The Morgan fingerprint density at radius 2 is 2.25 bits per heavy atom. The second-order valence-electron chi connectivity index (χ2n) is 5.18. The quantitative estimate of drug-likeness (QED) is 0.687. The van der Waals surface area contributed by atoms with Crippen molar-refractivity contribution in [2.24, 2.45) is 4.99 Å². The predicted molar refractivity (Wildman–Crippen MR) is 73.6 cm³/mol. The van der Waals surface area contributed by atoms with Gasteiger partial charge in [-0.05, 0) is 31.8 Å². The molecule has 0 aromatic rings. The molecule has 2 aliphatic heterocycles. The van der Waals surface area contributed by atoms with Crippen LogP contribution in [-0.4, -0.2) is 29.0 Å². The summed E-state index contributed by atoms with van der Waals surface area (Å²) >= 11 is 0. The minimum absolute atomic E-state index is 0.0397. The maximum atomic E-state index is 12.6. The normalized spacial score (nSPS) is 21.6. The molecule has 0 radical (unpaired) electrons. The van der Waals surface area contributed by atoms with Gasteiger partial charge in [0.1, 0.15) is 5.71 Å². The fourth-order valence-corrected chi connectivity index (χ4v) is 2.71. The topological polar surface area (TPSA) is 59.0 Å². The van der Waals surface area contributed by atoms with E-state index >= 15 is 0 Å². The number of nitrogens with zero attached hydrogens (tertiary/aromatic N) is 2. The van der Waals surface area contributed by atoms with E-state index in [1.807, 2.05) is 13.0 Å². The summed E-state index contributed by atoms with van der Waals surface area (Å²) in [7, 11) is 0. The number of fused-ring (bicyclic) bond motifs is 2. The first-order chi connectivity index (χ1) is 9.58. The highest BCUT2D eigenvalue weighted by atomic mass is 16.5. The van der Waals surface area contributed by atoms with Gasteiger partial charge in [-0.25, -0.2) is 0 Å². The van der Waals surface area contributed by atoms with Gasteiger partial charge in [0.2, 0.25) is 0 Å². The molecule has 1 saturated heterocycles. The molecule has 0 unspecified atom stereocenters. The molecule has 20 heavy (non-hydrogen) atoms. The molecule has 1 fully saturated rings. The number of rotatable bonds is 1. The lowest BCUT2D eigenvalue weighted by Crippen LogP contribution is -2.31. The van der Waals surface area contributed by atoms with Crippen LogP contribution in [0.4, 0.5) is 0 Å². The van der Waals surface area contributed by atoms with Crippen molar-refractivity contribution in [2.75, 3.05) is 6.54 Å². The van der Waals surface area contributed by atoms with Gasteiger partial charge in [-0.2, -0.15) is 0 Å². The number of carbonyl (C=O) groups is 2. The van der Waals surface area contributed by atoms with Gasteiger partial charge in [0.15, 0.2) is 5.76 Å². The van der Waals surface area contributed by atoms with Gasteiger partial charge in [0, 0.05) is 25.4 Å². The van der Waals surface area contributed by atoms with Crippen molar-refractivity contribution in [3.63, 3.8) is 0 Å². The highest BCUT2D eigenvalue weighted by molar-refractivity contribution is 6.29. The van der Waals surface area contributed by atoms with Crippen LogP contribution in [0.2, 0.25) is 0 Å². The number of carbonyl (C=O) groups excluding carboxylic acids is 2. The third-order valence-electron chi connectivity index (χ3n) is 3.70. The van der Waals surface area contributed by atoms with E-state index in [0.717, 1.165) is 30.7 Å². The molecule has 0 N–H and O–H groups in total. The van der Waals surface area contributed by atoms with E-state index in [2.05, 4.69) is 4.99 Å². The van der Waals surface area contributed by atoms with Crippen LogP contribution >= 0.6 is 0 Å². The first kappa shape index (κ1) is 12.8. The molecule has 104 valence electrons. The minimum Gasteiger partial charge on any atom is -0.424 e. The first-order valence-electron chi connectivity index (χ1n) is 6.75. The van der Waals surface area contributed by atoms with E-state index in [9.17, 15) is 9.59 Å². The molecule has 3 rings (SSSR count). The molecule has 5 heteroatoms. The van der Waals surface area contributed by atoms with E-state index in [1.54, 1.807) is 11.1 Å². The highest BCUT2D eigenvalue weighted by Gasteiger charge is 2.34. The molecule has 3 aliphatic rings. The standard InChI is InChI=1S/C15H16N2O3/c1-9-5-6-12-13(14(9)20-10(2)18)16-8-11-4-3-7-17(11)15(12)19/h6,8H,3-5,7H2,1-2H3. The number of ether oxygens (including phenoxy) is 1. The Bertz CT molecular complexity index is 623. The van der Waals surface area contributed by atoms with Crippen molar-refractivity contribution in [3.8, 4) is 0 Å². The Morgan fingerprint density at radius 3 is 3.00 bits per heavy atom. The van der Waals surface area contributed by atoms with Gasteiger partial charge in [0.25, 0.3) is 5.91 Å². The van der Waals surface area contributed by atoms with Crippen molar-refractivity contribution in [1.82, 2.24) is 4.90 Å². The zero-order valence-electron chi connectivity index (χ0n) is 11.6. The Balaban J connectivity index is 2.05. The van der Waals surface area contributed by atoms with E-state index < -0.39 is 5.97 Å². The van der Waals surface area contributed by atoms with E-state index in [1.165, 1.54) is 6.92 Å². The van der Waals surface area contributed by atoms with Crippen LogP contribution in [0.15, 0.2) is 39.9 Å². The molecule has 0 atom stereocenters. The van der Waals surface area contributed by atoms with E-state index in [0.29, 0.717) is 23.5 Å². The summed E-state index contributed by atoms with van der Waals surface area (Å²) in [6.07, 6.45) is 6.04. The smallest absolute Gasteiger partial charge is 0.308 e. The average molecular weight is 272 g/mol. The van der Waals surface area contributed by atoms with Crippen molar-refractivity contribution < 1.29 is 14.3 Å². The maximum Gasteiger partial charge on any atom is 0.308 e. The van der Waals surface area contributed by atoms with Gasteiger partial charge >= 0.3 is 5.97 Å². The number of hydrogen-bond donors (Lipinski definition) is 0. The second-order valence-corrected chi connectivity index (χ2v) is 5.18. The summed E-state index contributed by atoms with van der Waals surface area (Å²) in [5, 5.41) is 0. The average Bonchev–Trinajstić information content (AvgIpc) is 2.82. The molecular weight excluding hydrogens is 256 g/mol. The second kappa shape index (κ2) is 4.74. The van der Waals surface area contributed by atoms with Crippen molar-refractivity contribution in [2.45, 2.75) is 33.1 Å². The molecule has 0 aromatic heterocycles. The molecule has 0 saturated carbocycles. The molecule has 0 aromatic carbocycles. The fraction of sp³-hybridized carbons (Fsp3) is 0.400. The molecular formula is C15H16N2O3. The molecule has 0 bridgehead atoms. The lowest BCUT2D eigenvalue weighted by molar-refractivity contribution is -0.136. The zero-order chi connectivity index (χ0) is 14.3. The minimum atomic E-state index is -0.395. The molecule has 2 heterocycles. The van der Waals surface area contributed by atoms with Gasteiger partial charge in [-0.3, -0.25) is 14.6 Å². The summed E-state index contributed by atoms with van der Waals surface area (Å²) in [6.45, 7) is 3.97.